The fourth-order valence-electron chi connectivity index (χ4n) is 2.11. The summed E-state index contributed by atoms with van der Waals surface area (Å²) in [5, 5.41) is 13.9. The smallest absolute Gasteiger partial charge is 0.256 e. The molecule has 1 aromatic carbocycles. The molecule has 2 aromatic heterocycles. The number of nitrogens with one attached hydrogen (secondary N) is 2. The summed E-state index contributed by atoms with van der Waals surface area (Å²) in [7, 11) is 1.58. The SMILES string of the molecule is COc1ccc(C(=O)Nc2ccc(NCc3ccccn3)nn2)cc1. The van der Waals surface area contributed by atoms with Crippen LogP contribution in [0.15, 0.2) is 60.8 Å². The maximum absolute atomic E-state index is 12.2. The van der Waals surface area contributed by atoms with E-state index < -0.39 is 0 Å². The van der Waals surface area contributed by atoms with Crippen molar-refractivity contribution in [2.24, 2.45) is 0 Å². The maximum atomic E-state index is 12.2. The van der Waals surface area contributed by atoms with Gasteiger partial charge in [0.1, 0.15) is 11.6 Å². The summed E-state index contributed by atoms with van der Waals surface area (Å²) in [5.41, 5.74) is 1.42. The number of amides is 1. The highest BCUT2D eigenvalue weighted by molar-refractivity contribution is 6.03. The van der Waals surface area contributed by atoms with Crippen LogP contribution in [0.3, 0.4) is 0 Å². The Bertz CT molecular complexity index is 820. The monoisotopic (exact) mass is 335 g/mol. The molecule has 0 bridgehead atoms. The third-order valence-corrected chi connectivity index (χ3v) is 3.44. The lowest BCUT2D eigenvalue weighted by Gasteiger charge is -2.07. The Morgan fingerprint density at radius 3 is 2.40 bits per heavy atom. The van der Waals surface area contributed by atoms with Crippen molar-refractivity contribution in [2.45, 2.75) is 6.54 Å². The van der Waals surface area contributed by atoms with Crippen LogP contribution in [0, 0.1) is 0 Å². The number of rotatable bonds is 6. The van der Waals surface area contributed by atoms with Crippen LogP contribution in [0.4, 0.5) is 11.6 Å². The van der Waals surface area contributed by atoms with Gasteiger partial charge in [-0.2, -0.15) is 0 Å². The zero-order valence-corrected chi connectivity index (χ0v) is 13.6. The van der Waals surface area contributed by atoms with E-state index in [0.29, 0.717) is 29.5 Å². The molecule has 0 aliphatic carbocycles. The Balaban J connectivity index is 1.57. The van der Waals surface area contributed by atoms with Crippen molar-refractivity contribution in [3.05, 3.63) is 72.1 Å². The van der Waals surface area contributed by atoms with Gasteiger partial charge in [-0.05, 0) is 48.5 Å². The van der Waals surface area contributed by atoms with Gasteiger partial charge in [0.15, 0.2) is 5.82 Å². The molecule has 0 spiro atoms. The topological polar surface area (TPSA) is 89.0 Å². The molecular formula is C18H17N5O2. The lowest BCUT2D eigenvalue weighted by atomic mass is 10.2. The lowest BCUT2D eigenvalue weighted by molar-refractivity contribution is 0.102. The minimum Gasteiger partial charge on any atom is -0.497 e. The quantitative estimate of drug-likeness (QED) is 0.720. The summed E-state index contributed by atoms with van der Waals surface area (Å²) in [5.74, 6) is 1.42. The van der Waals surface area contributed by atoms with Gasteiger partial charge in [-0.3, -0.25) is 9.78 Å². The third kappa shape index (κ3) is 4.51. The number of carbonyl (C=O) groups excluding carboxylic acids is 1. The molecule has 25 heavy (non-hydrogen) atoms. The van der Waals surface area contributed by atoms with Gasteiger partial charge in [-0.1, -0.05) is 6.07 Å². The molecule has 3 rings (SSSR count). The molecule has 1 amide bonds. The number of hydrogen-bond donors (Lipinski definition) is 2. The Morgan fingerprint density at radius 1 is 1.00 bits per heavy atom. The minimum absolute atomic E-state index is 0.258. The Hall–Kier alpha value is -3.48. The molecule has 3 aromatic rings. The molecule has 2 heterocycles. The van der Waals surface area contributed by atoms with Crippen LogP contribution in [-0.4, -0.2) is 28.2 Å². The molecule has 0 saturated heterocycles. The van der Waals surface area contributed by atoms with Gasteiger partial charge in [0.25, 0.3) is 5.91 Å². The van der Waals surface area contributed by atoms with Crippen molar-refractivity contribution in [3.63, 3.8) is 0 Å². The van der Waals surface area contributed by atoms with Gasteiger partial charge < -0.3 is 15.4 Å². The van der Waals surface area contributed by atoms with E-state index in [2.05, 4.69) is 25.8 Å². The number of methoxy groups -OCH3 is 1. The summed E-state index contributed by atoms with van der Waals surface area (Å²) in [6.07, 6.45) is 1.74. The van der Waals surface area contributed by atoms with E-state index in [1.54, 1.807) is 49.7 Å². The number of ether oxygens (including phenoxy) is 1. The van der Waals surface area contributed by atoms with Crippen LogP contribution < -0.4 is 15.4 Å². The minimum atomic E-state index is -0.258. The lowest BCUT2D eigenvalue weighted by Crippen LogP contribution is -2.13. The summed E-state index contributed by atoms with van der Waals surface area (Å²) in [4.78, 5) is 16.4. The van der Waals surface area contributed by atoms with Crippen LogP contribution in [0.5, 0.6) is 5.75 Å². The van der Waals surface area contributed by atoms with Crippen LogP contribution in [-0.2, 0) is 6.54 Å². The summed E-state index contributed by atoms with van der Waals surface area (Å²) >= 11 is 0. The molecule has 0 fully saturated rings. The number of hydrogen-bond acceptors (Lipinski definition) is 6. The first-order chi connectivity index (χ1) is 12.2. The molecule has 0 radical (unpaired) electrons. The predicted molar refractivity (Wildman–Crippen MR) is 94.5 cm³/mol. The first-order valence-electron chi connectivity index (χ1n) is 7.67. The summed E-state index contributed by atoms with van der Waals surface area (Å²) in [6, 6.07) is 16.0. The standard InChI is InChI=1S/C18H17N5O2/c1-25-15-7-5-13(6-8-15)18(24)21-17-10-9-16(22-23-17)20-12-14-4-2-3-11-19-14/h2-11H,12H2,1H3,(H,20,22)(H,21,23,24). The fraction of sp³-hybridized carbons (Fsp3) is 0.111. The number of benzene rings is 1. The van der Waals surface area contributed by atoms with Gasteiger partial charge in [-0.15, -0.1) is 10.2 Å². The average molecular weight is 335 g/mol. The first-order valence-corrected chi connectivity index (χ1v) is 7.67. The normalized spacial score (nSPS) is 10.1. The molecule has 0 saturated carbocycles. The van der Waals surface area contributed by atoms with Crippen molar-refractivity contribution in [1.82, 2.24) is 15.2 Å². The van der Waals surface area contributed by atoms with E-state index in [4.69, 9.17) is 4.74 Å². The highest BCUT2D eigenvalue weighted by atomic mass is 16.5. The molecule has 7 heteroatoms. The number of anilines is 2. The molecule has 0 aliphatic heterocycles. The largest absolute Gasteiger partial charge is 0.497 e. The fourth-order valence-corrected chi connectivity index (χ4v) is 2.11. The van der Waals surface area contributed by atoms with E-state index in [1.165, 1.54) is 0 Å². The Morgan fingerprint density at radius 2 is 1.76 bits per heavy atom. The second kappa shape index (κ2) is 7.87. The molecule has 7 nitrogen and oxygen atoms in total. The second-order valence-corrected chi connectivity index (χ2v) is 5.16. The number of aromatic nitrogens is 3. The van der Waals surface area contributed by atoms with Crippen molar-refractivity contribution >= 4 is 17.5 Å². The molecule has 0 unspecified atom stereocenters. The van der Waals surface area contributed by atoms with E-state index in [1.807, 2.05) is 18.2 Å². The summed E-state index contributed by atoms with van der Waals surface area (Å²) in [6.45, 7) is 0.549. The predicted octanol–water partition coefficient (Wildman–Crippen LogP) is 2.74. The number of nitrogens with zero attached hydrogens (tertiary/aromatic N) is 3. The van der Waals surface area contributed by atoms with Crippen LogP contribution in [0.25, 0.3) is 0 Å². The van der Waals surface area contributed by atoms with E-state index in [0.717, 1.165) is 5.69 Å². The van der Waals surface area contributed by atoms with Gasteiger partial charge >= 0.3 is 0 Å². The number of pyridine rings is 1. The number of carbonyl (C=O) groups is 1. The van der Waals surface area contributed by atoms with E-state index in [-0.39, 0.29) is 5.91 Å². The van der Waals surface area contributed by atoms with E-state index in [9.17, 15) is 4.79 Å². The zero-order chi connectivity index (χ0) is 17.5. The van der Waals surface area contributed by atoms with Gasteiger partial charge in [0.2, 0.25) is 0 Å². The Kier molecular flexibility index (Phi) is 5.16. The van der Waals surface area contributed by atoms with Crippen LogP contribution in [0.2, 0.25) is 0 Å². The second-order valence-electron chi connectivity index (χ2n) is 5.16. The van der Waals surface area contributed by atoms with Gasteiger partial charge in [0, 0.05) is 11.8 Å². The van der Waals surface area contributed by atoms with Gasteiger partial charge in [0.05, 0.1) is 19.3 Å². The van der Waals surface area contributed by atoms with Crippen molar-refractivity contribution in [1.29, 1.82) is 0 Å². The first kappa shape index (κ1) is 16.4. The zero-order valence-electron chi connectivity index (χ0n) is 13.6. The molecule has 0 atom stereocenters. The third-order valence-electron chi connectivity index (χ3n) is 3.44. The van der Waals surface area contributed by atoms with Gasteiger partial charge in [-0.25, -0.2) is 0 Å². The molecular weight excluding hydrogens is 318 g/mol. The van der Waals surface area contributed by atoms with Crippen molar-refractivity contribution in [3.8, 4) is 5.75 Å². The molecule has 2 N–H and O–H groups in total. The molecule has 0 aliphatic rings. The van der Waals surface area contributed by atoms with Crippen molar-refractivity contribution in [2.75, 3.05) is 17.7 Å². The van der Waals surface area contributed by atoms with E-state index >= 15 is 0 Å². The summed E-state index contributed by atoms with van der Waals surface area (Å²) < 4.78 is 5.07. The Labute approximate surface area is 145 Å². The van der Waals surface area contributed by atoms with Crippen LogP contribution in [0.1, 0.15) is 16.1 Å². The maximum Gasteiger partial charge on any atom is 0.256 e. The highest BCUT2D eigenvalue weighted by Gasteiger charge is 2.07. The highest BCUT2D eigenvalue weighted by Crippen LogP contribution is 2.13. The van der Waals surface area contributed by atoms with Crippen LogP contribution >= 0.6 is 0 Å². The molecule has 126 valence electrons. The average Bonchev–Trinajstić information content (AvgIpc) is 2.68. The van der Waals surface area contributed by atoms with Crippen molar-refractivity contribution < 1.29 is 9.53 Å².